The molecule has 1 heterocycles. The number of hydrogen-bond donors (Lipinski definition) is 2. The molecule has 142 valence electrons. The molecule has 10 nitrogen and oxygen atoms in total. The van der Waals surface area contributed by atoms with Crippen LogP contribution in [0.3, 0.4) is 0 Å². The molecule has 0 amide bonds. The maximum absolute atomic E-state index is 13.0. The van der Waals surface area contributed by atoms with E-state index in [2.05, 4.69) is 20.3 Å². The van der Waals surface area contributed by atoms with Crippen LogP contribution in [0.4, 0.5) is 27.7 Å². The number of rotatable bonds is 6. The van der Waals surface area contributed by atoms with E-state index in [9.17, 15) is 19.3 Å². The Kier molecular flexibility index (Phi) is 5.35. The average molecular weight is 384 g/mol. The molecule has 0 unspecified atom stereocenters. The molecule has 0 saturated carbocycles. The van der Waals surface area contributed by atoms with Gasteiger partial charge in [0.25, 0.3) is 5.69 Å². The van der Waals surface area contributed by atoms with Crippen LogP contribution in [-0.4, -0.2) is 25.8 Å². The van der Waals surface area contributed by atoms with Crippen LogP contribution in [-0.2, 0) is 11.3 Å². The summed E-state index contributed by atoms with van der Waals surface area (Å²) in [6.07, 6.45) is 0. The average Bonchev–Trinajstić information content (AvgIpc) is 2.67. The maximum atomic E-state index is 13.0. The third-order valence-corrected chi connectivity index (χ3v) is 3.45. The number of nitrogens with zero attached hydrogens (tertiary/aromatic N) is 4. The molecule has 0 aliphatic heterocycles. The molecule has 0 spiro atoms. The number of carbonyl (C=O) groups excluding carboxylic acids is 1. The zero-order valence-corrected chi connectivity index (χ0v) is 14.2. The van der Waals surface area contributed by atoms with E-state index < -0.39 is 16.7 Å². The number of nitro benzene ring substituents is 1. The van der Waals surface area contributed by atoms with Gasteiger partial charge in [-0.2, -0.15) is 15.0 Å². The smallest absolute Gasteiger partial charge is 0.345 e. The van der Waals surface area contributed by atoms with Gasteiger partial charge in [0.05, 0.1) is 4.92 Å². The van der Waals surface area contributed by atoms with Crippen LogP contribution in [0.1, 0.15) is 16.2 Å². The zero-order chi connectivity index (χ0) is 20.1. The second kappa shape index (κ2) is 8.03. The van der Waals surface area contributed by atoms with Gasteiger partial charge in [-0.15, -0.1) is 0 Å². The first-order valence-corrected chi connectivity index (χ1v) is 7.86. The lowest BCUT2D eigenvalue weighted by Crippen LogP contribution is -2.12. The summed E-state index contributed by atoms with van der Waals surface area (Å²) in [5, 5.41) is 13.8. The number of halogens is 1. The quantitative estimate of drug-likeness (QED) is 0.372. The summed E-state index contributed by atoms with van der Waals surface area (Å²) in [5.74, 6) is -1.33. The number of hydrogen-bond acceptors (Lipinski definition) is 9. The standard InChI is InChI=1S/C17H13FN6O4/c18-10-5-7-11(8-6-10)20-17-22-14(21-16(19)23-17)9-28-15(25)12-3-1-2-4-13(12)24(26)27/h1-8H,9H2,(H3,19,20,21,22,23). The molecule has 28 heavy (non-hydrogen) atoms. The summed E-state index contributed by atoms with van der Waals surface area (Å²) in [7, 11) is 0. The summed E-state index contributed by atoms with van der Waals surface area (Å²) >= 11 is 0. The van der Waals surface area contributed by atoms with Crippen molar-refractivity contribution < 1.29 is 18.8 Å². The normalized spacial score (nSPS) is 10.3. The van der Waals surface area contributed by atoms with E-state index in [1.54, 1.807) is 0 Å². The minimum atomic E-state index is -0.903. The molecule has 0 aliphatic carbocycles. The van der Waals surface area contributed by atoms with Crippen molar-refractivity contribution in [3.63, 3.8) is 0 Å². The lowest BCUT2D eigenvalue weighted by Gasteiger charge is -2.08. The monoisotopic (exact) mass is 384 g/mol. The van der Waals surface area contributed by atoms with E-state index >= 15 is 0 Å². The molecule has 0 atom stereocenters. The zero-order valence-electron chi connectivity index (χ0n) is 14.2. The fourth-order valence-corrected chi connectivity index (χ4v) is 2.23. The van der Waals surface area contributed by atoms with Crippen molar-refractivity contribution in [1.29, 1.82) is 0 Å². The Morgan fingerprint density at radius 2 is 1.86 bits per heavy atom. The van der Waals surface area contributed by atoms with Crippen LogP contribution < -0.4 is 11.1 Å². The van der Waals surface area contributed by atoms with Crippen LogP contribution >= 0.6 is 0 Å². The highest BCUT2D eigenvalue weighted by Crippen LogP contribution is 2.19. The molecule has 3 N–H and O–H groups in total. The number of para-hydroxylation sites is 1. The molecule has 11 heteroatoms. The van der Waals surface area contributed by atoms with Gasteiger partial charge in [0, 0.05) is 11.8 Å². The van der Waals surface area contributed by atoms with Crippen molar-refractivity contribution in [3.05, 3.63) is 75.9 Å². The third-order valence-electron chi connectivity index (χ3n) is 3.45. The Balaban J connectivity index is 1.72. The van der Waals surface area contributed by atoms with E-state index in [0.29, 0.717) is 5.69 Å². The summed E-state index contributed by atoms with van der Waals surface area (Å²) in [4.78, 5) is 34.3. The molecule has 0 fully saturated rings. The van der Waals surface area contributed by atoms with Crippen molar-refractivity contribution in [2.75, 3.05) is 11.1 Å². The first-order valence-electron chi connectivity index (χ1n) is 7.86. The molecule has 1 aromatic heterocycles. The Bertz CT molecular complexity index is 1030. The highest BCUT2D eigenvalue weighted by Gasteiger charge is 2.21. The summed E-state index contributed by atoms with van der Waals surface area (Å²) in [5.41, 5.74) is 5.57. The van der Waals surface area contributed by atoms with Crippen LogP contribution in [0, 0.1) is 15.9 Å². The van der Waals surface area contributed by atoms with Gasteiger partial charge < -0.3 is 15.8 Å². The van der Waals surface area contributed by atoms with Gasteiger partial charge in [-0.25, -0.2) is 9.18 Å². The molecule has 3 rings (SSSR count). The van der Waals surface area contributed by atoms with E-state index in [4.69, 9.17) is 10.5 Å². The maximum Gasteiger partial charge on any atom is 0.345 e. The van der Waals surface area contributed by atoms with Gasteiger partial charge in [-0.3, -0.25) is 10.1 Å². The SMILES string of the molecule is Nc1nc(COC(=O)c2ccccc2[N+](=O)[O-])nc(Nc2ccc(F)cc2)n1. The van der Waals surface area contributed by atoms with Gasteiger partial charge in [0.15, 0.2) is 12.4 Å². The number of carbonyl (C=O) groups is 1. The van der Waals surface area contributed by atoms with Crippen molar-refractivity contribution in [2.45, 2.75) is 6.61 Å². The molecule has 3 aromatic rings. The number of nitro groups is 1. The minimum absolute atomic E-state index is 0.0315. The van der Waals surface area contributed by atoms with Gasteiger partial charge in [-0.05, 0) is 30.3 Å². The highest BCUT2D eigenvalue weighted by atomic mass is 19.1. The number of nitrogens with one attached hydrogen (secondary N) is 1. The van der Waals surface area contributed by atoms with Crippen LogP contribution in [0.5, 0.6) is 0 Å². The number of aromatic nitrogens is 3. The van der Waals surface area contributed by atoms with Gasteiger partial charge in [0.1, 0.15) is 11.4 Å². The second-order valence-corrected chi connectivity index (χ2v) is 5.42. The first-order chi connectivity index (χ1) is 13.4. The largest absolute Gasteiger partial charge is 0.454 e. The van der Waals surface area contributed by atoms with Gasteiger partial charge in [0.2, 0.25) is 11.9 Å². The highest BCUT2D eigenvalue weighted by molar-refractivity contribution is 5.93. The number of ether oxygens (including phenoxy) is 1. The topological polar surface area (TPSA) is 146 Å². The van der Waals surface area contributed by atoms with E-state index in [-0.39, 0.29) is 35.6 Å². The molecule has 0 saturated heterocycles. The number of benzene rings is 2. The van der Waals surface area contributed by atoms with E-state index in [1.165, 1.54) is 48.5 Å². The van der Waals surface area contributed by atoms with Crippen molar-refractivity contribution in [2.24, 2.45) is 0 Å². The minimum Gasteiger partial charge on any atom is -0.454 e. The third kappa shape index (κ3) is 4.52. The van der Waals surface area contributed by atoms with Crippen molar-refractivity contribution in [3.8, 4) is 0 Å². The summed E-state index contributed by atoms with van der Waals surface area (Å²) in [6.45, 7) is -0.379. The molecule has 0 radical (unpaired) electrons. The second-order valence-electron chi connectivity index (χ2n) is 5.42. The lowest BCUT2D eigenvalue weighted by molar-refractivity contribution is -0.385. The fourth-order valence-electron chi connectivity index (χ4n) is 2.23. The van der Waals surface area contributed by atoms with Crippen molar-refractivity contribution in [1.82, 2.24) is 15.0 Å². The predicted octanol–water partition coefficient (Wildman–Crippen LogP) is 2.60. The Morgan fingerprint density at radius 3 is 2.57 bits per heavy atom. The number of nitrogen functional groups attached to an aromatic ring is 1. The molecular formula is C17H13FN6O4. The Morgan fingerprint density at radius 1 is 1.14 bits per heavy atom. The number of anilines is 3. The molecule has 0 bridgehead atoms. The Labute approximate surface area is 157 Å². The van der Waals surface area contributed by atoms with Gasteiger partial charge >= 0.3 is 5.97 Å². The predicted molar refractivity (Wildman–Crippen MR) is 96.1 cm³/mol. The van der Waals surface area contributed by atoms with Gasteiger partial charge in [-0.1, -0.05) is 12.1 Å². The summed E-state index contributed by atoms with van der Waals surface area (Å²) in [6, 6.07) is 10.9. The van der Waals surface area contributed by atoms with Crippen LogP contribution in [0.15, 0.2) is 48.5 Å². The molecule has 2 aromatic carbocycles. The van der Waals surface area contributed by atoms with Crippen molar-refractivity contribution >= 4 is 29.2 Å². The summed E-state index contributed by atoms with van der Waals surface area (Å²) < 4.78 is 18.0. The van der Waals surface area contributed by atoms with Crippen LogP contribution in [0.2, 0.25) is 0 Å². The first kappa shape index (κ1) is 18.6. The lowest BCUT2D eigenvalue weighted by atomic mass is 10.2. The molecular weight excluding hydrogens is 371 g/mol. The van der Waals surface area contributed by atoms with Crippen LogP contribution in [0.25, 0.3) is 0 Å². The number of nitrogens with two attached hydrogens (primary N) is 1. The number of esters is 1. The molecule has 0 aliphatic rings. The van der Waals surface area contributed by atoms with E-state index in [1.807, 2.05) is 0 Å². The Hall–Kier alpha value is -4.15. The fraction of sp³-hybridized carbons (Fsp3) is 0.0588. The van der Waals surface area contributed by atoms with E-state index in [0.717, 1.165) is 0 Å².